The Balaban J connectivity index is 5.48. The van der Waals surface area contributed by atoms with Crippen LogP contribution in [0.2, 0.25) is 0 Å². The average molecular weight is 499 g/mol. The number of unbranched alkanes of at least 4 members (excludes halogenated alkanes) is 9. The molecule has 0 aromatic rings. The van der Waals surface area contributed by atoms with Crippen molar-refractivity contribution in [3.05, 3.63) is 12.3 Å². The highest BCUT2D eigenvalue weighted by Gasteiger charge is 2.39. The van der Waals surface area contributed by atoms with Crippen LogP contribution in [-0.4, -0.2) is 57.3 Å². The van der Waals surface area contributed by atoms with E-state index >= 15 is 0 Å². The molecule has 0 fully saturated rings. The third kappa shape index (κ3) is 14.3. The van der Waals surface area contributed by atoms with Gasteiger partial charge >= 0.3 is 17.9 Å². The van der Waals surface area contributed by atoms with Crippen molar-refractivity contribution in [2.75, 3.05) is 19.6 Å². The van der Waals surface area contributed by atoms with Crippen LogP contribution in [0.25, 0.3) is 0 Å². The first kappa shape index (κ1) is 33.1. The highest BCUT2D eigenvalue weighted by Crippen LogP contribution is 2.25. The number of rotatable bonds is 23. The molecule has 0 saturated heterocycles. The lowest BCUT2D eigenvalue weighted by Gasteiger charge is -2.40. The fourth-order valence-electron chi connectivity index (χ4n) is 4.74. The highest BCUT2D eigenvalue weighted by molar-refractivity contribution is 5.71. The fraction of sp³-hybridized carbons (Fsp3) is 0.821. The summed E-state index contributed by atoms with van der Waals surface area (Å²) in [7, 11) is 0. The number of allylic oxidation sites excluding steroid dienone is 1. The maximum atomic E-state index is 11.9. The number of hydrogen-bond acceptors (Lipinski definition) is 3. The molecule has 3 N–H and O–H groups in total. The predicted octanol–water partition coefficient (Wildman–Crippen LogP) is 6.57. The zero-order valence-electron chi connectivity index (χ0n) is 22.7. The summed E-state index contributed by atoms with van der Waals surface area (Å²) in [5, 5.41) is 29.2. The second-order valence-corrected chi connectivity index (χ2v) is 10.1. The molecule has 0 spiro atoms. The van der Waals surface area contributed by atoms with Gasteiger partial charge in [0.05, 0.1) is 25.8 Å². The molecule has 7 nitrogen and oxygen atoms in total. The summed E-state index contributed by atoms with van der Waals surface area (Å²) in [5.41, 5.74) is 0. The molecule has 0 aliphatic rings. The molecule has 0 rings (SSSR count). The van der Waals surface area contributed by atoms with Gasteiger partial charge in [-0.15, -0.1) is 0 Å². The van der Waals surface area contributed by atoms with Gasteiger partial charge in [0.2, 0.25) is 0 Å². The van der Waals surface area contributed by atoms with Crippen molar-refractivity contribution in [2.45, 2.75) is 111 Å². The van der Waals surface area contributed by atoms with Crippen molar-refractivity contribution < 1.29 is 34.2 Å². The average Bonchev–Trinajstić information content (AvgIpc) is 2.82. The van der Waals surface area contributed by atoms with Crippen molar-refractivity contribution >= 4 is 17.9 Å². The summed E-state index contributed by atoms with van der Waals surface area (Å²) >= 11 is 0. The number of aliphatic carboxylic acids is 3. The van der Waals surface area contributed by atoms with Crippen molar-refractivity contribution in [3.8, 4) is 0 Å². The van der Waals surface area contributed by atoms with Crippen LogP contribution < -0.4 is 0 Å². The molecule has 3 unspecified atom stereocenters. The second-order valence-electron chi connectivity index (χ2n) is 10.1. The number of nitrogens with zero attached hydrogens (tertiary/aromatic N) is 1. The predicted molar refractivity (Wildman–Crippen MR) is 140 cm³/mol. The van der Waals surface area contributed by atoms with Gasteiger partial charge in [0.25, 0.3) is 0 Å². The first-order valence-electron chi connectivity index (χ1n) is 13.9. The van der Waals surface area contributed by atoms with Gasteiger partial charge in [-0.2, -0.15) is 0 Å². The number of carboxylic acids is 3. The largest absolute Gasteiger partial charge is 0.481 e. The van der Waals surface area contributed by atoms with Crippen molar-refractivity contribution in [1.82, 2.24) is 0 Å². The first-order chi connectivity index (χ1) is 16.7. The number of hydrogen-bond donors (Lipinski definition) is 3. The van der Waals surface area contributed by atoms with E-state index < -0.39 is 35.7 Å². The van der Waals surface area contributed by atoms with E-state index in [1.54, 1.807) is 0 Å². The topological polar surface area (TPSA) is 112 Å². The van der Waals surface area contributed by atoms with Gasteiger partial charge < -0.3 is 15.3 Å². The van der Waals surface area contributed by atoms with E-state index in [0.717, 1.165) is 19.3 Å². The normalized spacial score (nSPS) is 16.0. The molecule has 0 heterocycles. The summed E-state index contributed by atoms with van der Waals surface area (Å²) in [4.78, 5) is 35.6. The Morgan fingerprint density at radius 2 is 0.943 bits per heavy atom. The van der Waals surface area contributed by atoms with E-state index in [-0.39, 0.29) is 24.1 Å². The van der Waals surface area contributed by atoms with Crippen LogP contribution >= 0.6 is 0 Å². The quantitative estimate of drug-likeness (QED) is 0.108. The molecule has 0 aliphatic heterocycles. The lowest BCUT2D eigenvalue weighted by Crippen LogP contribution is -2.54. The molecule has 0 aromatic carbocycles. The minimum atomic E-state index is -0.922. The van der Waals surface area contributed by atoms with E-state index in [1.165, 1.54) is 44.9 Å². The Morgan fingerprint density at radius 3 is 1.26 bits per heavy atom. The third-order valence-corrected chi connectivity index (χ3v) is 7.17. The van der Waals surface area contributed by atoms with Crippen LogP contribution in [0.1, 0.15) is 111 Å². The summed E-state index contributed by atoms with van der Waals surface area (Å²) < 4.78 is 0.0812. The Bertz CT molecular complexity index is 573. The molecule has 3 atom stereocenters. The Kier molecular flexibility index (Phi) is 18.3. The van der Waals surface area contributed by atoms with Gasteiger partial charge in [0.1, 0.15) is 17.8 Å². The summed E-state index contributed by atoms with van der Waals surface area (Å²) in [6.07, 6.45) is 17.1. The summed E-state index contributed by atoms with van der Waals surface area (Å²) in [6, 6.07) is 0. The van der Waals surface area contributed by atoms with Crippen LogP contribution in [-0.2, 0) is 14.4 Å². The van der Waals surface area contributed by atoms with Gasteiger partial charge in [0, 0.05) is 0 Å². The Morgan fingerprint density at radius 1 is 0.600 bits per heavy atom. The zero-order valence-corrected chi connectivity index (χ0v) is 22.7. The minimum absolute atomic E-state index is 0.0812. The lowest BCUT2D eigenvalue weighted by molar-refractivity contribution is -0.887. The zero-order chi connectivity index (χ0) is 26.7. The molecule has 0 amide bonds. The van der Waals surface area contributed by atoms with Crippen LogP contribution in [0.15, 0.2) is 12.3 Å². The highest BCUT2D eigenvalue weighted by atomic mass is 16.4. The smallest absolute Gasteiger partial charge is 0.312 e. The van der Waals surface area contributed by atoms with Crippen LogP contribution in [0.3, 0.4) is 0 Å². The van der Waals surface area contributed by atoms with Crippen molar-refractivity contribution in [3.63, 3.8) is 0 Å². The maximum absolute atomic E-state index is 11.9. The van der Waals surface area contributed by atoms with E-state index in [2.05, 4.69) is 6.92 Å². The fourth-order valence-corrected chi connectivity index (χ4v) is 4.74. The number of carboxylic acid groups (broad SMARTS) is 3. The summed E-state index contributed by atoms with van der Waals surface area (Å²) in [6.45, 7) is 8.25. The monoisotopic (exact) mass is 498 g/mol. The van der Waals surface area contributed by atoms with Gasteiger partial charge in [0.15, 0.2) is 0 Å². The van der Waals surface area contributed by atoms with Gasteiger partial charge in [-0.3, -0.25) is 18.9 Å². The van der Waals surface area contributed by atoms with Gasteiger partial charge in [-0.25, -0.2) is 0 Å². The number of quaternary nitrogens is 1. The summed E-state index contributed by atoms with van der Waals surface area (Å²) in [5.74, 6) is -4.75. The standard InChI is InChI=1S/C28H51NO6/c1-5-9-10-11-12-13-14-15-16-17-18-19-29(20-23(6-2)26(30)31,21-24(7-3)27(32)33)22-25(8-4)28(34)35/h18-19,23-25H,5-17,20-22H2,1-4H3,(H2-,30,31,32,33,34,35)/p+1/b19-18+. The van der Waals surface area contributed by atoms with Crippen LogP contribution in [0.4, 0.5) is 0 Å². The Hall–Kier alpha value is -1.89. The molecule has 0 aliphatic carbocycles. The lowest BCUT2D eigenvalue weighted by atomic mass is 9.96. The van der Waals surface area contributed by atoms with Crippen molar-refractivity contribution in [2.24, 2.45) is 17.8 Å². The van der Waals surface area contributed by atoms with Crippen LogP contribution in [0.5, 0.6) is 0 Å². The van der Waals surface area contributed by atoms with E-state index in [4.69, 9.17) is 0 Å². The SMILES string of the molecule is CCCCCCCCCCC/C=C/[N+](CC(CC)C(=O)O)(CC(CC)C(=O)O)CC(CC)C(=O)O. The second kappa shape index (κ2) is 19.3. The third-order valence-electron chi connectivity index (χ3n) is 7.17. The molecule has 0 bridgehead atoms. The molecule has 0 saturated carbocycles. The molecule has 7 heteroatoms. The molecule has 204 valence electrons. The van der Waals surface area contributed by atoms with Crippen molar-refractivity contribution in [1.29, 1.82) is 0 Å². The molecular formula is C28H52NO6+. The van der Waals surface area contributed by atoms with Gasteiger partial charge in [-0.05, 0) is 38.2 Å². The van der Waals surface area contributed by atoms with E-state index in [9.17, 15) is 29.7 Å². The minimum Gasteiger partial charge on any atom is -0.481 e. The van der Waals surface area contributed by atoms with E-state index in [1.807, 2.05) is 33.0 Å². The number of carbonyl (C=O) groups is 3. The van der Waals surface area contributed by atoms with E-state index in [0.29, 0.717) is 19.3 Å². The molecule has 35 heavy (non-hydrogen) atoms. The molecule has 0 aromatic heterocycles. The van der Waals surface area contributed by atoms with Crippen LogP contribution in [0, 0.1) is 17.8 Å². The molecular weight excluding hydrogens is 446 g/mol. The Labute approximate surface area is 213 Å². The first-order valence-corrected chi connectivity index (χ1v) is 13.9. The molecule has 0 radical (unpaired) electrons. The maximum Gasteiger partial charge on any atom is 0.312 e. The van der Waals surface area contributed by atoms with Gasteiger partial charge in [-0.1, -0.05) is 79.1 Å².